The number of rotatable bonds is 4. The van der Waals surface area contributed by atoms with Crippen molar-refractivity contribution in [3.05, 3.63) is 30.3 Å². The Hall–Kier alpha value is -1.29. The molecule has 3 rings (SSSR count). The lowest BCUT2D eigenvalue weighted by Crippen LogP contribution is -2.34. The summed E-state index contributed by atoms with van der Waals surface area (Å²) in [5.41, 5.74) is 4.41. The second-order valence-corrected chi connectivity index (χ2v) is 8.24. The molecule has 1 N–H and O–H groups in total. The standard InChI is InChI=1S/C18H24N2OS/c1-17(2)13-9-10-18(17,3)15(11-13)19-20-16(21)12-22-14-7-5-4-6-8-14/h4-8,13H,9-12H2,1-3H3,(H,20,21)/b19-15+/t13-,18+/m0/s1. The van der Waals surface area contributed by atoms with E-state index in [1.165, 1.54) is 18.6 Å². The first-order chi connectivity index (χ1) is 10.4. The minimum atomic E-state index is -0.0227. The second-order valence-electron chi connectivity index (χ2n) is 7.19. The Labute approximate surface area is 136 Å². The Morgan fingerprint density at radius 1 is 1.32 bits per heavy atom. The number of nitrogens with one attached hydrogen (secondary N) is 1. The predicted octanol–water partition coefficient (Wildman–Crippen LogP) is 4.10. The topological polar surface area (TPSA) is 41.5 Å². The van der Waals surface area contributed by atoms with Crippen LogP contribution in [-0.2, 0) is 4.79 Å². The molecule has 0 saturated heterocycles. The minimum Gasteiger partial charge on any atom is -0.272 e. The van der Waals surface area contributed by atoms with E-state index in [1.807, 2.05) is 30.3 Å². The summed E-state index contributed by atoms with van der Waals surface area (Å²) >= 11 is 1.54. The molecule has 1 aromatic rings. The van der Waals surface area contributed by atoms with Crippen LogP contribution in [0.15, 0.2) is 40.3 Å². The lowest BCUT2D eigenvalue weighted by Gasteiger charge is -2.34. The van der Waals surface area contributed by atoms with Gasteiger partial charge in [-0.2, -0.15) is 5.10 Å². The van der Waals surface area contributed by atoms with Crippen molar-refractivity contribution in [1.29, 1.82) is 0 Å². The summed E-state index contributed by atoms with van der Waals surface area (Å²) in [5.74, 6) is 1.10. The summed E-state index contributed by atoms with van der Waals surface area (Å²) in [6.45, 7) is 7.00. The van der Waals surface area contributed by atoms with E-state index in [0.717, 1.165) is 11.3 Å². The lowest BCUT2D eigenvalue weighted by molar-refractivity contribution is -0.118. The number of nitrogens with zero attached hydrogens (tertiary/aromatic N) is 1. The van der Waals surface area contributed by atoms with Crippen LogP contribution in [0.4, 0.5) is 0 Å². The number of amides is 1. The van der Waals surface area contributed by atoms with Gasteiger partial charge in [0, 0.05) is 16.0 Å². The Morgan fingerprint density at radius 2 is 2.05 bits per heavy atom. The SMILES string of the molecule is CC1(C)[C@H]2CC[C@]1(C)/C(=N/NC(=O)CSc1ccccc1)C2. The summed E-state index contributed by atoms with van der Waals surface area (Å²) in [6.07, 6.45) is 3.52. The number of hydrazone groups is 1. The minimum absolute atomic E-state index is 0.0227. The molecule has 0 unspecified atom stereocenters. The van der Waals surface area contributed by atoms with Crippen molar-refractivity contribution in [1.82, 2.24) is 5.43 Å². The maximum absolute atomic E-state index is 12.0. The van der Waals surface area contributed by atoms with E-state index >= 15 is 0 Å². The monoisotopic (exact) mass is 316 g/mol. The van der Waals surface area contributed by atoms with Crippen LogP contribution in [0, 0.1) is 16.7 Å². The first-order valence-corrected chi connectivity index (χ1v) is 8.96. The second kappa shape index (κ2) is 5.73. The van der Waals surface area contributed by atoms with Gasteiger partial charge in [0.05, 0.1) is 5.75 Å². The van der Waals surface area contributed by atoms with Crippen LogP contribution in [0.5, 0.6) is 0 Å². The summed E-state index contributed by atoms with van der Waals surface area (Å²) in [6, 6.07) is 9.98. The molecule has 2 fully saturated rings. The largest absolute Gasteiger partial charge is 0.272 e. The molecule has 2 atom stereocenters. The maximum atomic E-state index is 12.0. The van der Waals surface area contributed by atoms with Gasteiger partial charge in [-0.1, -0.05) is 39.0 Å². The van der Waals surface area contributed by atoms with Gasteiger partial charge in [-0.25, -0.2) is 5.43 Å². The Bertz CT molecular complexity index is 596. The van der Waals surface area contributed by atoms with E-state index in [2.05, 4.69) is 31.3 Å². The number of fused-ring (bicyclic) bond motifs is 2. The van der Waals surface area contributed by atoms with E-state index in [4.69, 9.17) is 0 Å². The number of carbonyl (C=O) groups is 1. The van der Waals surface area contributed by atoms with Crippen LogP contribution in [0.1, 0.15) is 40.0 Å². The van der Waals surface area contributed by atoms with Gasteiger partial charge in [0.1, 0.15) is 0 Å². The smallest absolute Gasteiger partial charge is 0.250 e. The van der Waals surface area contributed by atoms with Crippen LogP contribution >= 0.6 is 11.8 Å². The molecule has 22 heavy (non-hydrogen) atoms. The van der Waals surface area contributed by atoms with Gasteiger partial charge in [0.15, 0.2) is 0 Å². The van der Waals surface area contributed by atoms with Gasteiger partial charge < -0.3 is 0 Å². The quantitative estimate of drug-likeness (QED) is 0.671. The lowest BCUT2D eigenvalue weighted by atomic mass is 9.70. The van der Waals surface area contributed by atoms with Crippen LogP contribution in [0.2, 0.25) is 0 Å². The van der Waals surface area contributed by atoms with E-state index in [-0.39, 0.29) is 11.3 Å². The molecular weight excluding hydrogens is 292 g/mol. The van der Waals surface area contributed by atoms with Crippen molar-refractivity contribution in [3.8, 4) is 0 Å². The number of thioether (sulfide) groups is 1. The zero-order valence-electron chi connectivity index (χ0n) is 13.6. The highest BCUT2D eigenvalue weighted by Gasteiger charge is 2.59. The molecule has 1 amide bonds. The molecule has 0 aromatic heterocycles. The predicted molar refractivity (Wildman–Crippen MR) is 92.0 cm³/mol. The first kappa shape index (κ1) is 15.6. The van der Waals surface area contributed by atoms with E-state index < -0.39 is 0 Å². The molecule has 2 saturated carbocycles. The van der Waals surface area contributed by atoms with E-state index in [1.54, 1.807) is 11.8 Å². The molecule has 2 aliphatic rings. The molecule has 0 radical (unpaired) electrons. The molecule has 3 nitrogen and oxygen atoms in total. The number of hydrogen-bond acceptors (Lipinski definition) is 3. The van der Waals surface area contributed by atoms with Gasteiger partial charge in [0.2, 0.25) is 5.91 Å². The molecular formula is C18H24N2OS. The fourth-order valence-electron chi connectivity index (χ4n) is 3.93. The number of hydrogen-bond donors (Lipinski definition) is 1. The van der Waals surface area contributed by atoms with Crippen molar-refractivity contribution in [2.45, 2.75) is 44.9 Å². The molecule has 0 spiro atoms. The average molecular weight is 316 g/mol. The highest BCUT2D eigenvalue weighted by Crippen LogP contribution is 2.63. The number of carbonyl (C=O) groups excluding carboxylic acids is 1. The normalized spacial score (nSPS) is 30.7. The summed E-state index contributed by atoms with van der Waals surface area (Å²) in [4.78, 5) is 13.1. The third-order valence-electron chi connectivity index (χ3n) is 5.94. The van der Waals surface area contributed by atoms with Crippen LogP contribution < -0.4 is 5.43 Å². The average Bonchev–Trinajstić information content (AvgIpc) is 2.85. The van der Waals surface area contributed by atoms with E-state index in [9.17, 15) is 4.79 Å². The molecule has 1 aromatic carbocycles. The highest BCUT2D eigenvalue weighted by atomic mass is 32.2. The van der Waals surface area contributed by atoms with Crippen molar-refractivity contribution in [2.75, 3.05) is 5.75 Å². The Balaban J connectivity index is 1.57. The van der Waals surface area contributed by atoms with Gasteiger partial charge in [0.25, 0.3) is 0 Å². The molecule has 2 aliphatic carbocycles. The maximum Gasteiger partial charge on any atom is 0.250 e. The summed E-state index contributed by atoms with van der Waals surface area (Å²) in [5, 5.41) is 4.49. The van der Waals surface area contributed by atoms with Gasteiger partial charge in [-0.15, -0.1) is 11.8 Å². The molecule has 4 heteroatoms. The molecule has 0 heterocycles. The van der Waals surface area contributed by atoms with Gasteiger partial charge in [-0.3, -0.25) is 4.79 Å². The van der Waals surface area contributed by atoms with Crippen LogP contribution in [-0.4, -0.2) is 17.4 Å². The van der Waals surface area contributed by atoms with Crippen molar-refractivity contribution >= 4 is 23.4 Å². The van der Waals surface area contributed by atoms with Crippen molar-refractivity contribution < 1.29 is 4.79 Å². The zero-order chi connectivity index (χ0) is 15.8. The highest BCUT2D eigenvalue weighted by molar-refractivity contribution is 8.00. The van der Waals surface area contributed by atoms with Gasteiger partial charge >= 0.3 is 0 Å². The summed E-state index contributed by atoms with van der Waals surface area (Å²) < 4.78 is 0. The molecule has 118 valence electrons. The van der Waals surface area contributed by atoms with Gasteiger partial charge in [-0.05, 0) is 42.7 Å². The molecule has 0 aliphatic heterocycles. The fraction of sp³-hybridized carbons (Fsp3) is 0.556. The van der Waals surface area contributed by atoms with Crippen LogP contribution in [0.25, 0.3) is 0 Å². The van der Waals surface area contributed by atoms with Crippen LogP contribution in [0.3, 0.4) is 0 Å². The zero-order valence-corrected chi connectivity index (χ0v) is 14.4. The van der Waals surface area contributed by atoms with Crippen molar-refractivity contribution in [2.24, 2.45) is 21.8 Å². The molecule has 2 bridgehead atoms. The first-order valence-electron chi connectivity index (χ1n) is 7.97. The van der Waals surface area contributed by atoms with Crippen molar-refractivity contribution in [3.63, 3.8) is 0 Å². The third-order valence-corrected chi connectivity index (χ3v) is 6.95. The Morgan fingerprint density at radius 3 is 2.64 bits per heavy atom. The third kappa shape index (κ3) is 2.58. The fourth-order valence-corrected chi connectivity index (χ4v) is 4.64. The van der Waals surface area contributed by atoms with E-state index in [0.29, 0.717) is 17.1 Å². The summed E-state index contributed by atoms with van der Waals surface area (Å²) in [7, 11) is 0. The number of benzene rings is 1. The Kier molecular flexibility index (Phi) is 4.06.